The monoisotopic (exact) mass is 569 g/mol. The minimum absolute atomic E-state index is 0.108. The van der Waals surface area contributed by atoms with Gasteiger partial charge in [-0.2, -0.15) is 18.6 Å². The number of aromatic nitrogens is 1. The van der Waals surface area contributed by atoms with E-state index in [2.05, 4.69) is 10.4 Å². The molecule has 1 aliphatic rings. The Bertz CT molecular complexity index is 1430. The number of rotatable bonds is 10. The number of likely N-dealkylation sites (N-methyl/N-ethyl adjacent to an activating group) is 1. The predicted octanol–water partition coefficient (Wildman–Crippen LogP) is 3.77. The zero-order valence-electron chi connectivity index (χ0n) is 22.7. The highest BCUT2D eigenvalue weighted by atomic mass is 19.4. The smallest absolute Gasteiger partial charge is 0.366 e. The van der Waals surface area contributed by atoms with Gasteiger partial charge in [-0.25, -0.2) is 9.78 Å². The molecule has 1 unspecified atom stereocenters. The Kier molecular flexibility index (Phi) is 8.47. The molecule has 1 aliphatic heterocycles. The van der Waals surface area contributed by atoms with Gasteiger partial charge in [-0.3, -0.25) is 19.5 Å². The molecule has 4 rings (SSSR count). The SMILES string of the molecule is CCc1c(-c2ccc(N3C(=O)N(C)NC3C(F)(F)F)cc2)ccnc1N(C)CCN(C=O)c1cccc(C(N)=O)c1. The van der Waals surface area contributed by atoms with Crippen molar-refractivity contribution in [3.8, 4) is 11.1 Å². The van der Waals surface area contributed by atoms with E-state index < -0.39 is 24.3 Å². The van der Waals surface area contributed by atoms with Gasteiger partial charge in [-0.1, -0.05) is 25.1 Å². The fourth-order valence-electron chi connectivity index (χ4n) is 4.72. The molecule has 0 spiro atoms. The van der Waals surface area contributed by atoms with Crippen LogP contribution in [0.2, 0.25) is 0 Å². The van der Waals surface area contributed by atoms with Crippen LogP contribution in [0.15, 0.2) is 60.8 Å². The van der Waals surface area contributed by atoms with E-state index in [1.165, 1.54) is 24.1 Å². The second kappa shape index (κ2) is 11.8. The third-order valence-electron chi connectivity index (χ3n) is 6.85. The lowest BCUT2D eigenvalue weighted by atomic mass is 9.98. The first-order valence-corrected chi connectivity index (χ1v) is 12.8. The lowest BCUT2D eigenvalue weighted by molar-refractivity contribution is -0.155. The highest BCUT2D eigenvalue weighted by Crippen LogP contribution is 2.35. The average molecular weight is 570 g/mol. The van der Waals surface area contributed by atoms with Gasteiger partial charge >= 0.3 is 12.2 Å². The van der Waals surface area contributed by atoms with Crippen molar-refractivity contribution in [1.82, 2.24) is 15.4 Å². The number of halogens is 3. The summed E-state index contributed by atoms with van der Waals surface area (Å²) >= 11 is 0. The third-order valence-corrected chi connectivity index (χ3v) is 6.85. The highest BCUT2D eigenvalue weighted by molar-refractivity contribution is 5.95. The molecule has 3 N–H and O–H groups in total. The molecule has 0 aliphatic carbocycles. The molecule has 10 nitrogen and oxygen atoms in total. The minimum Gasteiger partial charge on any atom is -0.366 e. The lowest BCUT2D eigenvalue weighted by Crippen LogP contribution is -2.49. The summed E-state index contributed by atoms with van der Waals surface area (Å²) in [5.74, 6) is 0.0937. The Morgan fingerprint density at radius 3 is 2.46 bits per heavy atom. The van der Waals surface area contributed by atoms with Gasteiger partial charge in [-0.15, -0.1) is 0 Å². The largest absolute Gasteiger partial charge is 0.424 e. The molecule has 1 saturated heterocycles. The number of pyridine rings is 1. The highest BCUT2D eigenvalue weighted by Gasteiger charge is 2.52. The van der Waals surface area contributed by atoms with Gasteiger partial charge in [-0.05, 0) is 53.9 Å². The molecule has 2 heterocycles. The summed E-state index contributed by atoms with van der Waals surface area (Å²) in [7, 11) is 3.08. The number of nitrogens with zero attached hydrogens (tertiary/aromatic N) is 5. The number of carbonyl (C=O) groups is 3. The first-order chi connectivity index (χ1) is 19.5. The molecule has 41 heavy (non-hydrogen) atoms. The maximum absolute atomic E-state index is 13.6. The number of primary amides is 1. The van der Waals surface area contributed by atoms with Crippen molar-refractivity contribution in [1.29, 1.82) is 0 Å². The van der Waals surface area contributed by atoms with Crippen molar-refractivity contribution in [3.05, 3.63) is 71.9 Å². The zero-order valence-corrected chi connectivity index (χ0v) is 22.7. The zero-order chi connectivity index (χ0) is 29.9. The van der Waals surface area contributed by atoms with E-state index in [9.17, 15) is 27.6 Å². The number of urea groups is 1. The lowest BCUT2D eigenvalue weighted by Gasteiger charge is -2.26. The molecule has 0 saturated carbocycles. The Labute approximate surface area is 235 Å². The minimum atomic E-state index is -4.66. The van der Waals surface area contributed by atoms with Crippen LogP contribution >= 0.6 is 0 Å². The van der Waals surface area contributed by atoms with Crippen molar-refractivity contribution < 1.29 is 27.6 Å². The summed E-state index contributed by atoms with van der Waals surface area (Å²) in [4.78, 5) is 44.4. The van der Waals surface area contributed by atoms with Gasteiger partial charge in [0.15, 0.2) is 0 Å². The van der Waals surface area contributed by atoms with Gasteiger partial charge in [0.05, 0.1) is 0 Å². The van der Waals surface area contributed by atoms with Gasteiger partial charge < -0.3 is 15.5 Å². The summed E-state index contributed by atoms with van der Waals surface area (Å²) < 4.78 is 40.7. The Hall–Kier alpha value is -4.65. The summed E-state index contributed by atoms with van der Waals surface area (Å²) in [5, 5.41) is 0.812. The number of alkyl halides is 3. The number of hydrogen-bond acceptors (Lipinski definition) is 6. The standard InChI is InChI=1S/C28H30F3N7O3/c1-4-22-23(18-8-10-20(11-9-18)38-26(28(29,30)31)34-36(3)27(38)41)12-13-33-25(22)35(2)14-15-37(17-39)21-7-5-6-19(16-21)24(32)40/h5-13,16-17,26,34H,4,14-15H2,1-3H3,(H2,32,40). The van der Waals surface area contributed by atoms with Crippen molar-refractivity contribution >= 4 is 35.5 Å². The number of nitrogens with two attached hydrogens (primary N) is 1. The van der Waals surface area contributed by atoms with E-state index in [1.54, 1.807) is 42.6 Å². The average Bonchev–Trinajstić information content (AvgIpc) is 3.27. The molecule has 1 aromatic heterocycles. The van der Waals surface area contributed by atoms with Gasteiger partial charge in [0.1, 0.15) is 5.82 Å². The van der Waals surface area contributed by atoms with Crippen LogP contribution in [0.5, 0.6) is 0 Å². The van der Waals surface area contributed by atoms with E-state index in [1.807, 2.05) is 24.9 Å². The molecule has 3 aromatic rings. The van der Waals surface area contributed by atoms with Crippen molar-refractivity contribution in [2.75, 3.05) is 41.9 Å². The quantitative estimate of drug-likeness (QED) is 0.359. The number of hydrazine groups is 1. The van der Waals surface area contributed by atoms with E-state index in [0.717, 1.165) is 21.7 Å². The van der Waals surface area contributed by atoms with Crippen LogP contribution in [-0.2, 0) is 11.2 Å². The molecule has 4 amide bonds. The first-order valence-electron chi connectivity index (χ1n) is 12.8. The molecule has 13 heteroatoms. The number of hydrogen-bond donors (Lipinski definition) is 2. The van der Waals surface area contributed by atoms with Crippen molar-refractivity contribution in [2.24, 2.45) is 5.73 Å². The van der Waals surface area contributed by atoms with E-state index in [4.69, 9.17) is 5.73 Å². The van der Waals surface area contributed by atoms with Crippen LogP contribution < -0.4 is 25.9 Å². The Morgan fingerprint density at radius 2 is 1.85 bits per heavy atom. The number of nitrogens with one attached hydrogen (secondary N) is 1. The van der Waals surface area contributed by atoms with Crippen LogP contribution in [0.3, 0.4) is 0 Å². The van der Waals surface area contributed by atoms with Crippen LogP contribution in [0.4, 0.5) is 35.2 Å². The summed E-state index contributed by atoms with van der Waals surface area (Å²) in [5.41, 5.74) is 10.9. The maximum atomic E-state index is 13.6. The summed E-state index contributed by atoms with van der Waals surface area (Å²) in [6, 6.07) is 13.8. The molecule has 2 aromatic carbocycles. The summed E-state index contributed by atoms with van der Waals surface area (Å²) in [6.45, 7) is 2.69. The Balaban J connectivity index is 1.55. The number of amides is 4. The fraction of sp³-hybridized carbons (Fsp3) is 0.286. The van der Waals surface area contributed by atoms with E-state index >= 15 is 0 Å². The fourth-order valence-corrected chi connectivity index (χ4v) is 4.72. The van der Waals surface area contributed by atoms with Gasteiger partial charge in [0, 0.05) is 55.9 Å². The molecule has 0 radical (unpaired) electrons. The summed E-state index contributed by atoms with van der Waals surface area (Å²) in [6.07, 6.45) is -3.89. The molecule has 1 fully saturated rings. The molecular weight excluding hydrogens is 539 g/mol. The van der Waals surface area contributed by atoms with Gasteiger partial charge in [0.25, 0.3) is 0 Å². The Morgan fingerprint density at radius 1 is 1.15 bits per heavy atom. The van der Waals surface area contributed by atoms with Crippen LogP contribution in [0, 0.1) is 0 Å². The van der Waals surface area contributed by atoms with Crippen LogP contribution in [-0.4, -0.2) is 67.9 Å². The number of benzene rings is 2. The molecule has 216 valence electrons. The van der Waals surface area contributed by atoms with Crippen LogP contribution in [0.25, 0.3) is 11.1 Å². The van der Waals surface area contributed by atoms with Crippen molar-refractivity contribution in [3.63, 3.8) is 0 Å². The topological polar surface area (TPSA) is 115 Å². The number of anilines is 3. The normalized spacial score (nSPS) is 15.3. The molecule has 1 atom stereocenters. The first kappa shape index (κ1) is 29.3. The van der Waals surface area contributed by atoms with Crippen molar-refractivity contribution in [2.45, 2.75) is 25.7 Å². The third kappa shape index (κ3) is 6.09. The predicted molar refractivity (Wildman–Crippen MR) is 149 cm³/mol. The molecular formula is C28H30F3N7O3. The maximum Gasteiger partial charge on any atom is 0.424 e. The number of carbonyl (C=O) groups excluding carboxylic acids is 3. The van der Waals surface area contributed by atoms with E-state index in [-0.39, 0.29) is 5.69 Å². The second-order valence-corrected chi connectivity index (χ2v) is 9.48. The second-order valence-electron chi connectivity index (χ2n) is 9.48. The van der Waals surface area contributed by atoms with Gasteiger partial charge in [0.2, 0.25) is 18.5 Å². The molecule has 0 bridgehead atoms. The van der Waals surface area contributed by atoms with E-state index in [0.29, 0.717) is 47.9 Å². The van der Waals surface area contributed by atoms with Crippen LogP contribution in [0.1, 0.15) is 22.8 Å².